The van der Waals surface area contributed by atoms with Crippen molar-refractivity contribution in [3.63, 3.8) is 0 Å². The molecule has 0 aliphatic heterocycles. The number of ether oxygens (including phenoxy) is 1. The summed E-state index contributed by atoms with van der Waals surface area (Å²) in [4.78, 5) is 16.1. The Kier molecular flexibility index (Phi) is 4.34. The van der Waals surface area contributed by atoms with Gasteiger partial charge in [-0.15, -0.1) is 0 Å². The molecule has 0 N–H and O–H groups in total. The summed E-state index contributed by atoms with van der Waals surface area (Å²) in [6, 6.07) is 16.5. The molecule has 1 heterocycles. The summed E-state index contributed by atoms with van der Waals surface area (Å²) >= 11 is 0. The average Bonchev–Trinajstić information content (AvgIpc) is 3.01. The third kappa shape index (κ3) is 3.74. The van der Waals surface area contributed by atoms with Crippen molar-refractivity contribution in [2.45, 2.75) is 19.4 Å². The van der Waals surface area contributed by atoms with Gasteiger partial charge in [-0.2, -0.15) is 5.26 Å². The zero-order chi connectivity index (χ0) is 16.1. The van der Waals surface area contributed by atoms with Gasteiger partial charge in [-0.3, -0.25) is 4.79 Å². The van der Waals surface area contributed by atoms with Crippen LogP contribution in [0.5, 0.6) is 0 Å². The number of rotatable bonds is 5. The second kappa shape index (κ2) is 6.75. The summed E-state index contributed by atoms with van der Waals surface area (Å²) in [6.45, 7) is 0.155. The van der Waals surface area contributed by atoms with Crippen LogP contribution in [0.4, 0.5) is 0 Å². The fraction of sp³-hybridized carbons (Fsp3) is 0.167. The highest BCUT2D eigenvalue weighted by atomic mass is 16.5. The van der Waals surface area contributed by atoms with Crippen molar-refractivity contribution < 1.29 is 13.9 Å². The number of oxazole rings is 1. The minimum atomic E-state index is -0.324. The Hall–Kier alpha value is -3.13. The molecule has 0 bridgehead atoms. The number of aromatic nitrogens is 1. The lowest BCUT2D eigenvalue weighted by Crippen LogP contribution is -2.06. The predicted molar refractivity (Wildman–Crippen MR) is 83.3 cm³/mol. The van der Waals surface area contributed by atoms with E-state index in [0.717, 1.165) is 11.1 Å². The summed E-state index contributed by atoms with van der Waals surface area (Å²) in [6.07, 6.45) is 0.594. The van der Waals surface area contributed by atoms with E-state index in [4.69, 9.17) is 14.4 Å². The van der Waals surface area contributed by atoms with E-state index in [-0.39, 0.29) is 19.0 Å². The molecular formula is C18H14N2O3. The molecule has 23 heavy (non-hydrogen) atoms. The van der Waals surface area contributed by atoms with Crippen molar-refractivity contribution >= 4 is 17.1 Å². The van der Waals surface area contributed by atoms with Gasteiger partial charge in [0.25, 0.3) is 0 Å². The van der Waals surface area contributed by atoms with Gasteiger partial charge in [0.2, 0.25) is 0 Å². The maximum Gasteiger partial charge on any atom is 0.306 e. The van der Waals surface area contributed by atoms with Crippen LogP contribution in [0.2, 0.25) is 0 Å². The summed E-state index contributed by atoms with van der Waals surface area (Å²) < 4.78 is 10.8. The minimum Gasteiger partial charge on any atom is -0.461 e. The van der Waals surface area contributed by atoms with Gasteiger partial charge in [-0.1, -0.05) is 24.3 Å². The second-order valence-corrected chi connectivity index (χ2v) is 5.05. The highest BCUT2D eigenvalue weighted by Gasteiger charge is 2.09. The van der Waals surface area contributed by atoms with Crippen LogP contribution in [0.3, 0.4) is 0 Å². The van der Waals surface area contributed by atoms with Crippen molar-refractivity contribution in [3.8, 4) is 6.07 Å². The Morgan fingerprint density at radius 1 is 1.22 bits per heavy atom. The fourth-order valence-electron chi connectivity index (χ4n) is 2.20. The number of nitriles is 1. The highest BCUT2D eigenvalue weighted by Crippen LogP contribution is 2.16. The third-order valence-corrected chi connectivity index (χ3v) is 3.34. The zero-order valence-electron chi connectivity index (χ0n) is 12.4. The number of para-hydroxylation sites is 2. The molecule has 0 atom stereocenters. The van der Waals surface area contributed by atoms with Gasteiger partial charge in [0.15, 0.2) is 11.5 Å². The average molecular weight is 306 g/mol. The first kappa shape index (κ1) is 14.8. The van der Waals surface area contributed by atoms with Gasteiger partial charge in [-0.05, 0) is 29.8 Å². The molecular weight excluding hydrogens is 292 g/mol. The molecule has 0 amide bonds. The normalized spacial score (nSPS) is 10.4. The number of carbonyl (C=O) groups is 1. The van der Waals surface area contributed by atoms with Gasteiger partial charge in [0, 0.05) is 6.42 Å². The van der Waals surface area contributed by atoms with Gasteiger partial charge >= 0.3 is 5.97 Å². The smallest absolute Gasteiger partial charge is 0.306 e. The first-order valence-electron chi connectivity index (χ1n) is 7.24. The van der Waals surface area contributed by atoms with Crippen LogP contribution in [-0.4, -0.2) is 11.0 Å². The van der Waals surface area contributed by atoms with Gasteiger partial charge in [-0.25, -0.2) is 4.98 Å². The molecule has 0 aliphatic carbocycles. The molecule has 3 aromatic rings. The molecule has 0 fully saturated rings. The number of fused-ring (bicyclic) bond motifs is 1. The quantitative estimate of drug-likeness (QED) is 0.675. The Balaban J connectivity index is 1.52. The Bertz CT molecular complexity index is 844. The highest BCUT2D eigenvalue weighted by molar-refractivity contribution is 5.72. The first-order valence-corrected chi connectivity index (χ1v) is 7.24. The standard InChI is InChI=1S/C18H14N2O3/c19-11-13-4-3-5-14(10-13)12-22-18(21)9-8-17-20-15-6-1-2-7-16(15)23-17/h1-7,10H,8-9,12H2. The van der Waals surface area contributed by atoms with Crippen molar-refractivity contribution in [3.05, 3.63) is 65.5 Å². The molecule has 5 heteroatoms. The summed E-state index contributed by atoms with van der Waals surface area (Å²) in [5.41, 5.74) is 2.83. The molecule has 5 nitrogen and oxygen atoms in total. The van der Waals surface area contributed by atoms with E-state index in [2.05, 4.69) is 11.1 Å². The maximum absolute atomic E-state index is 11.8. The van der Waals surface area contributed by atoms with Crippen LogP contribution in [0.25, 0.3) is 11.1 Å². The van der Waals surface area contributed by atoms with E-state index < -0.39 is 0 Å². The van der Waals surface area contributed by atoms with Crippen molar-refractivity contribution in [2.75, 3.05) is 0 Å². The molecule has 0 saturated carbocycles. The molecule has 114 valence electrons. The largest absolute Gasteiger partial charge is 0.461 e. The van der Waals surface area contributed by atoms with Crippen molar-refractivity contribution in [2.24, 2.45) is 0 Å². The second-order valence-electron chi connectivity index (χ2n) is 5.05. The predicted octanol–water partition coefficient (Wildman–Crippen LogP) is 3.38. The zero-order valence-corrected chi connectivity index (χ0v) is 12.4. The molecule has 3 rings (SSSR count). The Morgan fingerprint density at radius 2 is 2.09 bits per heavy atom. The summed E-state index contributed by atoms with van der Waals surface area (Å²) in [7, 11) is 0. The Labute approximate surface area is 133 Å². The lowest BCUT2D eigenvalue weighted by molar-refractivity contribution is -0.145. The lowest BCUT2D eigenvalue weighted by Gasteiger charge is -2.04. The molecule has 1 aromatic heterocycles. The van der Waals surface area contributed by atoms with Crippen LogP contribution in [0.15, 0.2) is 52.9 Å². The molecule has 0 spiro atoms. The van der Waals surface area contributed by atoms with E-state index in [1.54, 1.807) is 18.2 Å². The van der Waals surface area contributed by atoms with Crippen LogP contribution in [0.1, 0.15) is 23.4 Å². The minimum absolute atomic E-state index is 0.155. The van der Waals surface area contributed by atoms with E-state index >= 15 is 0 Å². The molecule has 0 radical (unpaired) electrons. The number of benzene rings is 2. The molecule has 0 unspecified atom stereocenters. The van der Waals surface area contributed by atoms with E-state index in [9.17, 15) is 4.79 Å². The number of hydrogen-bond donors (Lipinski definition) is 0. The van der Waals surface area contributed by atoms with Crippen LogP contribution in [-0.2, 0) is 22.6 Å². The van der Waals surface area contributed by atoms with Crippen LogP contribution >= 0.6 is 0 Å². The van der Waals surface area contributed by atoms with Gasteiger partial charge in [0.1, 0.15) is 12.1 Å². The van der Waals surface area contributed by atoms with Crippen molar-refractivity contribution in [1.82, 2.24) is 4.98 Å². The third-order valence-electron chi connectivity index (χ3n) is 3.34. The van der Waals surface area contributed by atoms with E-state index in [0.29, 0.717) is 23.5 Å². The first-order chi connectivity index (χ1) is 11.2. The summed E-state index contributed by atoms with van der Waals surface area (Å²) in [5.74, 6) is 0.198. The van der Waals surface area contributed by atoms with Crippen molar-refractivity contribution in [1.29, 1.82) is 5.26 Å². The lowest BCUT2D eigenvalue weighted by atomic mass is 10.1. The van der Waals surface area contributed by atoms with Gasteiger partial charge < -0.3 is 9.15 Å². The molecule has 0 saturated heterocycles. The number of esters is 1. The number of aryl methyl sites for hydroxylation is 1. The molecule has 2 aromatic carbocycles. The summed E-state index contributed by atoms with van der Waals surface area (Å²) in [5, 5.41) is 8.83. The van der Waals surface area contributed by atoms with Gasteiger partial charge in [0.05, 0.1) is 18.1 Å². The number of hydrogen-bond acceptors (Lipinski definition) is 5. The fourth-order valence-corrected chi connectivity index (χ4v) is 2.20. The van der Waals surface area contributed by atoms with Crippen LogP contribution < -0.4 is 0 Å². The number of carbonyl (C=O) groups excluding carboxylic acids is 1. The Morgan fingerprint density at radius 3 is 2.91 bits per heavy atom. The van der Waals surface area contributed by atoms with E-state index in [1.165, 1.54) is 0 Å². The van der Waals surface area contributed by atoms with Crippen LogP contribution in [0, 0.1) is 11.3 Å². The maximum atomic E-state index is 11.8. The SMILES string of the molecule is N#Cc1cccc(COC(=O)CCc2nc3ccccc3o2)c1. The monoisotopic (exact) mass is 306 g/mol. The topological polar surface area (TPSA) is 76.1 Å². The molecule has 0 aliphatic rings. The van der Waals surface area contributed by atoms with E-state index in [1.807, 2.05) is 30.3 Å². The number of nitrogens with zero attached hydrogens (tertiary/aromatic N) is 2.